The predicted molar refractivity (Wildman–Crippen MR) is 72.5 cm³/mol. The third kappa shape index (κ3) is 3.86. The van der Waals surface area contributed by atoms with Crippen molar-refractivity contribution in [2.45, 2.75) is 13.8 Å². The van der Waals surface area contributed by atoms with E-state index in [4.69, 9.17) is 21.1 Å². The number of benzene rings is 1. The number of ether oxygens (including phenoxy) is 2. The Morgan fingerprint density at radius 3 is 2.41 bits per heavy atom. The number of anilines is 1. The van der Waals surface area contributed by atoms with Gasteiger partial charge in [-0.2, -0.15) is 0 Å². The molecule has 0 aromatic heterocycles. The van der Waals surface area contributed by atoms with Gasteiger partial charge in [0.25, 0.3) is 0 Å². The van der Waals surface area contributed by atoms with Crippen LogP contribution < -0.4 is 14.8 Å². The van der Waals surface area contributed by atoms with E-state index < -0.39 is 0 Å². The van der Waals surface area contributed by atoms with Crippen LogP contribution in [0.4, 0.5) is 5.69 Å². The fourth-order valence-corrected chi connectivity index (χ4v) is 1.59. The van der Waals surface area contributed by atoms with Crippen molar-refractivity contribution >= 4 is 17.3 Å². The van der Waals surface area contributed by atoms with Crippen LogP contribution in [0.5, 0.6) is 11.5 Å². The van der Waals surface area contributed by atoms with Crippen LogP contribution in [0.15, 0.2) is 23.8 Å². The van der Waals surface area contributed by atoms with Crippen molar-refractivity contribution in [3.8, 4) is 11.5 Å². The van der Waals surface area contributed by atoms with Gasteiger partial charge in [0.2, 0.25) is 0 Å². The minimum absolute atomic E-state index is 0.539. The molecule has 4 heteroatoms. The molecule has 0 spiro atoms. The van der Waals surface area contributed by atoms with Gasteiger partial charge in [-0.05, 0) is 13.8 Å². The molecular weight excluding hydrogens is 238 g/mol. The van der Waals surface area contributed by atoms with Gasteiger partial charge in [-0.25, -0.2) is 0 Å². The molecule has 1 aromatic carbocycles. The summed E-state index contributed by atoms with van der Waals surface area (Å²) in [6, 6.07) is 3.57. The Bertz CT molecular complexity index is 412. The summed E-state index contributed by atoms with van der Waals surface area (Å²) in [5, 5.41) is 3.80. The lowest BCUT2D eigenvalue weighted by molar-refractivity contribution is 0.405. The van der Waals surface area contributed by atoms with Gasteiger partial charge >= 0.3 is 0 Å². The number of methoxy groups -OCH3 is 2. The van der Waals surface area contributed by atoms with Gasteiger partial charge in [0.1, 0.15) is 11.5 Å². The van der Waals surface area contributed by atoms with Gasteiger partial charge in [0.05, 0.1) is 24.9 Å². The summed E-state index contributed by atoms with van der Waals surface area (Å²) in [7, 11) is 3.21. The van der Waals surface area contributed by atoms with Gasteiger partial charge in [-0.3, -0.25) is 0 Å². The molecule has 0 aliphatic heterocycles. The zero-order valence-corrected chi connectivity index (χ0v) is 11.4. The highest BCUT2D eigenvalue weighted by molar-refractivity contribution is 6.32. The number of rotatable bonds is 5. The molecule has 0 unspecified atom stereocenters. The average molecular weight is 256 g/mol. The molecule has 0 radical (unpaired) electrons. The number of allylic oxidation sites excluding steroid dienone is 1. The van der Waals surface area contributed by atoms with Crippen LogP contribution in [0.2, 0.25) is 5.02 Å². The van der Waals surface area contributed by atoms with Crippen molar-refractivity contribution in [2.24, 2.45) is 0 Å². The first kappa shape index (κ1) is 13.7. The molecule has 17 heavy (non-hydrogen) atoms. The van der Waals surface area contributed by atoms with Crippen LogP contribution >= 0.6 is 11.6 Å². The molecule has 0 saturated carbocycles. The molecule has 0 fully saturated rings. The molecule has 1 N–H and O–H groups in total. The Balaban J connectivity index is 2.92. The van der Waals surface area contributed by atoms with E-state index in [1.54, 1.807) is 20.3 Å². The van der Waals surface area contributed by atoms with E-state index in [2.05, 4.69) is 25.2 Å². The van der Waals surface area contributed by atoms with Gasteiger partial charge in [-0.1, -0.05) is 23.3 Å². The molecule has 0 heterocycles. The minimum atomic E-state index is 0.539. The van der Waals surface area contributed by atoms with Gasteiger partial charge in [0, 0.05) is 18.7 Å². The summed E-state index contributed by atoms with van der Waals surface area (Å²) >= 11 is 6.02. The summed E-state index contributed by atoms with van der Waals surface area (Å²) in [5.41, 5.74) is 2.13. The van der Waals surface area contributed by atoms with Crippen molar-refractivity contribution in [1.29, 1.82) is 0 Å². The second-order valence-corrected chi connectivity index (χ2v) is 4.26. The zero-order valence-electron chi connectivity index (χ0n) is 10.6. The lowest BCUT2D eigenvalue weighted by Gasteiger charge is -2.13. The van der Waals surface area contributed by atoms with Crippen LogP contribution in [0, 0.1) is 0 Å². The third-order valence-corrected chi connectivity index (χ3v) is 2.57. The van der Waals surface area contributed by atoms with E-state index in [9.17, 15) is 0 Å². The molecule has 1 rings (SSSR count). The van der Waals surface area contributed by atoms with E-state index in [1.165, 1.54) is 5.57 Å². The van der Waals surface area contributed by atoms with Crippen LogP contribution in [0.3, 0.4) is 0 Å². The van der Waals surface area contributed by atoms with Crippen LogP contribution in [0.1, 0.15) is 13.8 Å². The third-order valence-electron chi connectivity index (χ3n) is 2.28. The Morgan fingerprint density at radius 1 is 1.24 bits per heavy atom. The quantitative estimate of drug-likeness (QED) is 0.813. The Kier molecular flexibility index (Phi) is 5.16. The van der Waals surface area contributed by atoms with Crippen molar-refractivity contribution in [2.75, 3.05) is 26.1 Å². The largest absolute Gasteiger partial charge is 0.495 e. The molecule has 3 nitrogen and oxygen atoms in total. The first-order chi connectivity index (χ1) is 8.08. The molecule has 0 saturated heterocycles. The first-order valence-corrected chi connectivity index (χ1v) is 5.75. The van der Waals surface area contributed by atoms with Gasteiger partial charge in [-0.15, -0.1) is 0 Å². The lowest BCUT2D eigenvalue weighted by atomic mass is 10.2. The monoisotopic (exact) mass is 255 g/mol. The van der Waals surface area contributed by atoms with Crippen molar-refractivity contribution < 1.29 is 9.47 Å². The van der Waals surface area contributed by atoms with E-state index in [-0.39, 0.29) is 0 Å². The average Bonchev–Trinajstić information content (AvgIpc) is 2.30. The molecule has 0 amide bonds. The fourth-order valence-electron chi connectivity index (χ4n) is 1.36. The normalized spacial score (nSPS) is 9.71. The van der Waals surface area contributed by atoms with Crippen molar-refractivity contribution in [1.82, 2.24) is 0 Å². The van der Waals surface area contributed by atoms with Gasteiger partial charge in [0.15, 0.2) is 0 Å². The Hall–Kier alpha value is -1.35. The van der Waals surface area contributed by atoms with E-state index in [0.717, 1.165) is 12.2 Å². The van der Waals surface area contributed by atoms with Crippen LogP contribution in [-0.4, -0.2) is 20.8 Å². The standard InChI is InChI=1S/C13H18ClNO2/c1-9(2)5-6-15-11-8-12(16-3)10(14)7-13(11)17-4/h5,7-8,15H,6H2,1-4H3. The summed E-state index contributed by atoms with van der Waals surface area (Å²) < 4.78 is 10.4. The molecular formula is C13H18ClNO2. The molecule has 0 aliphatic carbocycles. The first-order valence-electron chi connectivity index (χ1n) is 5.37. The number of nitrogens with one attached hydrogen (secondary N) is 1. The summed E-state index contributed by atoms with van der Waals surface area (Å²) in [6.45, 7) is 4.85. The van der Waals surface area contributed by atoms with Crippen LogP contribution in [0.25, 0.3) is 0 Å². The summed E-state index contributed by atoms with van der Waals surface area (Å²) in [4.78, 5) is 0. The maximum atomic E-state index is 6.02. The minimum Gasteiger partial charge on any atom is -0.495 e. The van der Waals surface area contributed by atoms with Crippen molar-refractivity contribution in [3.05, 3.63) is 28.8 Å². The highest BCUT2D eigenvalue weighted by Crippen LogP contribution is 2.35. The Morgan fingerprint density at radius 2 is 1.88 bits per heavy atom. The molecule has 94 valence electrons. The summed E-state index contributed by atoms with van der Waals surface area (Å²) in [6.07, 6.45) is 2.10. The van der Waals surface area contributed by atoms with E-state index >= 15 is 0 Å². The van der Waals surface area contributed by atoms with Crippen LogP contribution in [-0.2, 0) is 0 Å². The highest BCUT2D eigenvalue weighted by Gasteiger charge is 2.08. The smallest absolute Gasteiger partial charge is 0.143 e. The Labute approximate surface area is 107 Å². The van der Waals surface area contributed by atoms with Crippen molar-refractivity contribution in [3.63, 3.8) is 0 Å². The number of hydrogen-bond donors (Lipinski definition) is 1. The predicted octanol–water partition coefficient (Wildman–Crippen LogP) is 3.74. The summed E-state index contributed by atoms with van der Waals surface area (Å²) in [5.74, 6) is 1.34. The number of hydrogen-bond acceptors (Lipinski definition) is 3. The maximum Gasteiger partial charge on any atom is 0.143 e. The zero-order chi connectivity index (χ0) is 12.8. The number of halogens is 1. The second-order valence-electron chi connectivity index (χ2n) is 3.85. The van der Waals surface area contributed by atoms with E-state index in [0.29, 0.717) is 16.5 Å². The highest BCUT2D eigenvalue weighted by atomic mass is 35.5. The van der Waals surface area contributed by atoms with E-state index in [1.807, 2.05) is 6.07 Å². The topological polar surface area (TPSA) is 30.5 Å². The maximum absolute atomic E-state index is 6.02. The molecule has 0 aliphatic rings. The lowest BCUT2D eigenvalue weighted by Crippen LogP contribution is -2.02. The second kappa shape index (κ2) is 6.40. The molecule has 1 aromatic rings. The van der Waals surface area contributed by atoms with Gasteiger partial charge < -0.3 is 14.8 Å². The molecule has 0 bridgehead atoms. The molecule has 0 atom stereocenters. The SMILES string of the molecule is COc1cc(NCC=C(C)C)c(OC)cc1Cl. The fraction of sp³-hybridized carbons (Fsp3) is 0.385.